The number of nitrogens with one attached hydrogen (secondary N) is 1. The Bertz CT molecular complexity index is 525. The van der Waals surface area contributed by atoms with E-state index in [2.05, 4.69) is 4.98 Å². The summed E-state index contributed by atoms with van der Waals surface area (Å²) in [5.41, 5.74) is 1.12. The molecule has 0 spiro atoms. The molecule has 1 atom stereocenters. The van der Waals surface area contributed by atoms with Crippen LogP contribution in [0.25, 0.3) is 10.9 Å². The summed E-state index contributed by atoms with van der Waals surface area (Å²) in [6.45, 7) is 4.04. The number of rotatable bonds is 2. The molecule has 17 heavy (non-hydrogen) atoms. The number of H-pyrrole nitrogens is 1. The first kappa shape index (κ1) is 12.0. The Hall–Kier alpha value is -1.45. The second-order valence-electron chi connectivity index (χ2n) is 4.31. The molecule has 0 aliphatic carbocycles. The first-order valence-corrected chi connectivity index (χ1v) is 5.61. The Kier molecular flexibility index (Phi) is 2.89. The van der Waals surface area contributed by atoms with Crippen molar-refractivity contribution in [2.75, 3.05) is 0 Å². The smallest absolute Gasteiger partial charge is 0.361 e. The van der Waals surface area contributed by atoms with E-state index in [-0.39, 0.29) is 5.92 Å². The number of aromatic nitrogens is 1. The van der Waals surface area contributed by atoms with Crippen LogP contribution in [0.3, 0.4) is 0 Å². The van der Waals surface area contributed by atoms with Crippen molar-refractivity contribution >= 4 is 10.9 Å². The number of benzene rings is 1. The van der Waals surface area contributed by atoms with E-state index in [1.165, 1.54) is 12.1 Å². The number of halogens is 3. The van der Waals surface area contributed by atoms with Gasteiger partial charge < -0.3 is 4.98 Å². The highest BCUT2D eigenvalue weighted by Crippen LogP contribution is 2.34. The minimum Gasteiger partial charge on any atom is -0.361 e. The molecule has 0 radical (unpaired) electrons. The third kappa shape index (κ3) is 2.16. The average molecular weight is 241 g/mol. The molecule has 0 amide bonds. The lowest BCUT2D eigenvalue weighted by Gasteiger charge is -2.09. The van der Waals surface area contributed by atoms with Crippen LogP contribution in [0.5, 0.6) is 0 Å². The first-order chi connectivity index (χ1) is 7.93. The summed E-state index contributed by atoms with van der Waals surface area (Å²) in [5, 5.41) is 0.675. The lowest BCUT2D eigenvalue weighted by atomic mass is 9.97. The SMILES string of the molecule is CCC(C)c1c[nH]c2ccc(C(F)(F)F)cc12. The van der Waals surface area contributed by atoms with Gasteiger partial charge in [-0.05, 0) is 36.1 Å². The molecule has 1 nitrogen and oxygen atoms in total. The van der Waals surface area contributed by atoms with Crippen molar-refractivity contribution < 1.29 is 13.2 Å². The minimum absolute atomic E-state index is 0.257. The maximum atomic E-state index is 12.6. The second-order valence-corrected chi connectivity index (χ2v) is 4.31. The highest BCUT2D eigenvalue weighted by molar-refractivity contribution is 5.84. The fourth-order valence-corrected chi connectivity index (χ4v) is 1.95. The van der Waals surface area contributed by atoms with E-state index in [0.717, 1.165) is 23.6 Å². The Morgan fingerprint density at radius 3 is 2.59 bits per heavy atom. The Labute approximate surface area is 97.6 Å². The van der Waals surface area contributed by atoms with Gasteiger partial charge in [0.15, 0.2) is 0 Å². The van der Waals surface area contributed by atoms with E-state index in [9.17, 15) is 13.2 Å². The summed E-state index contributed by atoms with van der Waals surface area (Å²) in [4.78, 5) is 3.01. The first-order valence-electron chi connectivity index (χ1n) is 5.61. The largest absolute Gasteiger partial charge is 0.416 e. The van der Waals surface area contributed by atoms with Crippen molar-refractivity contribution in [3.63, 3.8) is 0 Å². The van der Waals surface area contributed by atoms with Crippen molar-refractivity contribution in [3.05, 3.63) is 35.5 Å². The Morgan fingerprint density at radius 2 is 2.00 bits per heavy atom. The van der Waals surface area contributed by atoms with Gasteiger partial charge in [-0.15, -0.1) is 0 Å². The molecule has 92 valence electrons. The topological polar surface area (TPSA) is 15.8 Å². The van der Waals surface area contributed by atoms with Crippen LogP contribution >= 0.6 is 0 Å². The summed E-state index contributed by atoms with van der Waals surface area (Å²) in [6.07, 6.45) is -1.57. The number of alkyl halides is 3. The lowest BCUT2D eigenvalue weighted by molar-refractivity contribution is -0.137. The van der Waals surface area contributed by atoms with Crippen LogP contribution in [0, 0.1) is 0 Å². The van der Waals surface area contributed by atoms with Gasteiger partial charge in [-0.2, -0.15) is 13.2 Å². The van der Waals surface area contributed by atoms with Gasteiger partial charge in [0.05, 0.1) is 5.56 Å². The number of fused-ring (bicyclic) bond motifs is 1. The molecule has 2 rings (SSSR count). The van der Waals surface area contributed by atoms with Crippen LogP contribution in [-0.4, -0.2) is 4.98 Å². The summed E-state index contributed by atoms with van der Waals surface area (Å²) in [6, 6.07) is 3.83. The fourth-order valence-electron chi connectivity index (χ4n) is 1.95. The van der Waals surface area contributed by atoms with Gasteiger partial charge in [-0.1, -0.05) is 13.8 Å². The third-order valence-electron chi connectivity index (χ3n) is 3.18. The molecule has 0 saturated carbocycles. The van der Waals surface area contributed by atoms with Gasteiger partial charge in [0.25, 0.3) is 0 Å². The molecule has 1 aromatic heterocycles. The van der Waals surface area contributed by atoms with Crippen molar-refractivity contribution in [1.29, 1.82) is 0 Å². The molecule has 0 fully saturated rings. The van der Waals surface area contributed by atoms with Crippen molar-refractivity contribution in [3.8, 4) is 0 Å². The second kappa shape index (κ2) is 4.09. The van der Waals surface area contributed by atoms with Gasteiger partial charge in [0.2, 0.25) is 0 Å². The molecule has 1 aromatic carbocycles. The molecule has 2 aromatic rings. The summed E-state index contributed by atoms with van der Waals surface area (Å²) >= 11 is 0. The predicted octanol–water partition coefficient (Wildman–Crippen LogP) is 4.70. The van der Waals surface area contributed by atoms with E-state index in [4.69, 9.17) is 0 Å². The maximum absolute atomic E-state index is 12.6. The molecule has 0 saturated heterocycles. The molecule has 4 heteroatoms. The van der Waals surface area contributed by atoms with Crippen molar-refractivity contribution in [1.82, 2.24) is 4.98 Å². The predicted molar refractivity (Wildman–Crippen MR) is 62.0 cm³/mol. The standard InChI is InChI=1S/C13H14F3N/c1-3-8(2)11-7-17-12-5-4-9(6-10(11)12)13(14,15)16/h4-8,17H,3H2,1-2H3. The molecule has 1 N–H and O–H groups in total. The minimum atomic E-state index is -4.28. The van der Waals surface area contributed by atoms with Gasteiger partial charge in [0.1, 0.15) is 0 Å². The van der Waals surface area contributed by atoms with Gasteiger partial charge in [0, 0.05) is 17.1 Å². The van der Waals surface area contributed by atoms with E-state index in [1.54, 1.807) is 6.20 Å². The summed E-state index contributed by atoms with van der Waals surface area (Å²) in [5.74, 6) is 0.257. The van der Waals surface area contributed by atoms with E-state index < -0.39 is 11.7 Å². The van der Waals surface area contributed by atoms with Gasteiger partial charge in [-0.3, -0.25) is 0 Å². The van der Waals surface area contributed by atoms with Crippen molar-refractivity contribution in [2.24, 2.45) is 0 Å². The third-order valence-corrected chi connectivity index (χ3v) is 3.18. The Morgan fingerprint density at radius 1 is 1.29 bits per heavy atom. The zero-order chi connectivity index (χ0) is 12.6. The van der Waals surface area contributed by atoms with Gasteiger partial charge >= 0.3 is 6.18 Å². The van der Waals surface area contributed by atoms with Crippen LogP contribution in [-0.2, 0) is 6.18 Å². The highest BCUT2D eigenvalue weighted by atomic mass is 19.4. The normalized spacial score (nSPS) is 14.2. The maximum Gasteiger partial charge on any atom is 0.416 e. The summed E-state index contributed by atoms with van der Waals surface area (Å²) in [7, 11) is 0. The molecule has 1 heterocycles. The van der Waals surface area contributed by atoms with Crippen LogP contribution in [0.4, 0.5) is 13.2 Å². The number of hydrogen-bond acceptors (Lipinski definition) is 0. The summed E-state index contributed by atoms with van der Waals surface area (Å²) < 4.78 is 37.9. The van der Waals surface area contributed by atoms with E-state index in [0.29, 0.717) is 5.39 Å². The Balaban J connectivity index is 2.58. The van der Waals surface area contributed by atoms with Crippen LogP contribution in [0.1, 0.15) is 37.3 Å². The van der Waals surface area contributed by atoms with Crippen molar-refractivity contribution in [2.45, 2.75) is 32.4 Å². The average Bonchev–Trinajstić information content (AvgIpc) is 2.69. The molecule has 0 aliphatic rings. The van der Waals surface area contributed by atoms with Crippen LogP contribution in [0.2, 0.25) is 0 Å². The van der Waals surface area contributed by atoms with E-state index in [1.807, 2.05) is 13.8 Å². The van der Waals surface area contributed by atoms with E-state index >= 15 is 0 Å². The fraction of sp³-hybridized carbons (Fsp3) is 0.385. The highest BCUT2D eigenvalue weighted by Gasteiger charge is 2.30. The zero-order valence-corrected chi connectivity index (χ0v) is 9.73. The molecular weight excluding hydrogens is 227 g/mol. The molecule has 0 aliphatic heterocycles. The van der Waals surface area contributed by atoms with Crippen LogP contribution in [0.15, 0.2) is 24.4 Å². The monoisotopic (exact) mass is 241 g/mol. The quantitative estimate of drug-likeness (QED) is 0.784. The number of hydrogen-bond donors (Lipinski definition) is 1. The van der Waals surface area contributed by atoms with Gasteiger partial charge in [-0.25, -0.2) is 0 Å². The molecular formula is C13H14F3N. The zero-order valence-electron chi connectivity index (χ0n) is 9.73. The lowest BCUT2D eigenvalue weighted by Crippen LogP contribution is -2.04. The molecule has 0 bridgehead atoms. The number of aromatic amines is 1. The molecule has 1 unspecified atom stereocenters. The van der Waals surface area contributed by atoms with Crippen LogP contribution < -0.4 is 0 Å².